The maximum atomic E-state index is 13.3. The second-order valence-corrected chi connectivity index (χ2v) is 4.37. The Morgan fingerprint density at radius 2 is 1.85 bits per heavy atom. The number of carbonyl (C=O) groups is 2. The lowest BCUT2D eigenvalue weighted by Crippen LogP contribution is -2.41. The summed E-state index contributed by atoms with van der Waals surface area (Å²) in [7, 11) is 0. The maximum Gasteiger partial charge on any atom is 0.315 e. The Bertz CT molecular complexity index is 547. The van der Waals surface area contributed by atoms with Gasteiger partial charge in [-0.2, -0.15) is 0 Å². The van der Waals surface area contributed by atoms with E-state index in [4.69, 9.17) is 0 Å². The number of hydrogen-bond donors (Lipinski definition) is 3. The summed E-state index contributed by atoms with van der Waals surface area (Å²) in [6.07, 6.45) is 1.80. The van der Waals surface area contributed by atoms with Crippen LogP contribution in [0.2, 0.25) is 0 Å². The van der Waals surface area contributed by atoms with Crippen LogP contribution in [-0.2, 0) is 4.79 Å². The molecule has 1 saturated carbocycles. The van der Waals surface area contributed by atoms with Crippen LogP contribution in [-0.4, -0.2) is 24.5 Å². The van der Waals surface area contributed by atoms with Gasteiger partial charge >= 0.3 is 6.03 Å². The SMILES string of the molecule is O=C(CNC(=O)NC1CC1)Nc1ccc(F)c(F)c1F. The molecule has 0 aromatic heterocycles. The second-order valence-electron chi connectivity index (χ2n) is 4.37. The molecule has 108 valence electrons. The fourth-order valence-electron chi connectivity index (χ4n) is 1.44. The van der Waals surface area contributed by atoms with E-state index in [-0.39, 0.29) is 6.04 Å². The van der Waals surface area contributed by atoms with Gasteiger partial charge in [-0.05, 0) is 25.0 Å². The largest absolute Gasteiger partial charge is 0.335 e. The lowest BCUT2D eigenvalue weighted by atomic mass is 10.2. The molecule has 1 aliphatic carbocycles. The van der Waals surface area contributed by atoms with Gasteiger partial charge in [-0.1, -0.05) is 0 Å². The summed E-state index contributed by atoms with van der Waals surface area (Å²) in [5, 5.41) is 6.89. The van der Waals surface area contributed by atoms with Gasteiger partial charge in [0, 0.05) is 6.04 Å². The number of nitrogens with one attached hydrogen (secondary N) is 3. The zero-order valence-electron chi connectivity index (χ0n) is 10.3. The highest BCUT2D eigenvalue weighted by Crippen LogP contribution is 2.19. The number of halogens is 3. The van der Waals surface area contributed by atoms with E-state index in [1.807, 2.05) is 5.32 Å². The van der Waals surface area contributed by atoms with Crippen LogP contribution >= 0.6 is 0 Å². The first-order valence-corrected chi connectivity index (χ1v) is 5.95. The van der Waals surface area contributed by atoms with E-state index in [2.05, 4.69) is 10.6 Å². The van der Waals surface area contributed by atoms with Crippen LogP contribution < -0.4 is 16.0 Å². The predicted molar refractivity (Wildman–Crippen MR) is 64.5 cm³/mol. The lowest BCUT2D eigenvalue weighted by molar-refractivity contribution is -0.115. The minimum atomic E-state index is -1.66. The van der Waals surface area contributed by atoms with Crippen LogP contribution in [0.4, 0.5) is 23.7 Å². The molecule has 1 aliphatic rings. The standard InChI is InChI=1S/C12H12F3N3O2/c13-7-3-4-8(11(15)10(7)14)18-9(19)5-16-12(20)17-6-1-2-6/h3-4,6H,1-2,5H2,(H,18,19)(H2,16,17,20). The number of benzene rings is 1. The minimum Gasteiger partial charge on any atom is -0.335 e. The Hall–Kier alpha value is -2.25. The molecule has 0 heterocycles. The van der Waals surface area contributed by atoms with Crippen molar-refractivity contribution < 1.29 is 22.8 Å². The normalized spacial score (nSPS) is 13.8. The number of amides is 3. The molecule has 2 rings (SSSR count). The molecule has 0 aliphatic heterocycles. The van der Waals surface area contributed by atoms with Crippen LogP contribution in [0.1, 0.15) is 12.8 Å². The Morgan fingerprint density at radius 3 is 2.50 bits per heavy atom. The van der Waals surface area contributed by atoms with Crippen molar-refractivity contribution in [3.05, 3.63) is 29.6 Å². The average Bonchev–Trinajstić information content (AvgIpc) is 3.21. The molecule has 0 spiro atoms. The average molecular weight is 287 g/mol. The molecule has 1 fully saturated rings. The highest BCUT2D eigenvalue weighted by molar-refractivity contribution is 5.94. The Kier molecular flexibility index (Phi) is 4.11. The monoisotopic (exact) mass is 287 g/mol. The lowest BCUT2D eigenvalue weighted by Gasteiger charge is -2.09. The molecular formula is C12H12F3N3O2. The summed E-state index contributed by atoms with van der Waals surface area (Å²) in [6.45, 7) is -0.406. The molecule has 1 aromatic rings. The Balaban J connectivity index is 1.84. The quantitative estimate of drug-likeness (QED) is 0.735. The molecule has 8 heteroatoms. The number of rotatable bonds is 4. The Labute approximate surface area is 112 Å². The van der Waals surface area contributed by atoms with Crippen LogP contribution in [0.5, 0.6) is 0 Å². The highest BCUT2D eigenvalue weighted by Gasteiger charge is 2.23. The van der Waals surface area contributed by atoms with E-state index in [1.165, 1.54) is 0 Å². The minimum absolute atomic E-state index is 0.140. The fourth-order valence-corrected chi connectivity index (χ4v) is 1.44. The van der Waals surface area contributed by atoms with Crippen molar-refractivity contribution in [1.29, 1.82) is 0 Å². The van der Waals surface area contributed by atoms with Gasteiger partial charge in [-0.3, -0.25) is 4.79 Å². The zero-order chi connectivity index (χ0) is 14.7. The molecule has 3 amide bonds. The van der Waals surface area contributed by atoms with Gasteiger partial charge in [0.2, 0.25) is 5.91 Å². The Morgan fingerprint density at radius 1 is 1.15 bits per heavy atom. The van der Waals surface area contributed by atoms with Crippen molar-refractivity contribution in [2.24, 2.45) is 0 Å². The van der Waals surface area contributed by atoms with Crippen molar-refractivity contribution in [3.8, 4) is 0 Å². The van der Waals surface area contributed by atoms with E-state index < -0.39 is 41.6 Å². The third-order valence-corrected chi connectivity index (χ3v) is 2.63. The number of carbonyl (C=O) groups excluding carboxylic acids is 2. The molecule has 3 N–H and O–H groups in total. The molecule has 0 bridgehead atoms. The maximum absolute atomic E-state index is 13.3. The van der Waals surface area contributed by atoms with Gasteiger partial charge < -0.3 is 16.0 Å². The van der Waals surface area contributed by atoms with Crippen molar-refractivity contribution in [3.63, 3.8) is 0 Å². The fraction of sp³-hybridized carbons (Fsp3) is 0.333. The van der Waals surface area contributed by atoms with Gasteiger partial charge in [0.15, 0.2) is 17.5 Å². The summed E-state index contributed by atoms with van der Waals surface area (Å²) in [4.78, 5) is 22.7. The van der Waals surface area contributed by atoms with Crippen molar-refractivity contribution in [1.82, 2.24) is 10.6 Å². The first kappa shape index (κ1) is 14.2. The molecular weight excluding hydrogens is 275 g/mol. The summed E-state index contributed by atoms with van der Waals surface area (Å²) in [5.41, 5.74) is -0.488. The van der Waals surface area contributed by atoms with Crippen molar-refractivity contribution in [2.45, 2.75) is 18.9 Å². The zero-order valence-corrected chi connectivity index (χ0v) is 10.3. The number of hydrogen-bond acceptors (Lipinski definition) is 2. The van der Waals surface area contributed by atoms with Gasteiger partial charge in [0.05, 0.1) is 12.2 Å². The van der Waals surface area contributed by atoms with E-state index in [0.717, 1.165) is 18.9 Å². The van der Waals surface area contributed by atoms with Crippen LogP contribution in [0, 0.1) is 17.5 Å². The molecule has 0 radical (unpaired) electrons. The summed E-state index contributed by atoms with van der Waals surface area (Å²) >= 11 is 0. The molecule has 0 saturated heterocycles. The van der Waals surface area contributed by atoms with Crippen LogP contribution in [0.3, 0.4) is 0 Å². The van der Waals surface area contributed by atoms with Crippen LogP contribution in [0.15, 0.2) is 12.1 Å². The molecule has 1 aromatic carbocycles. The van der Waals surface area contributed by atoms with Gasteiger partial charge in [-0.25, -0.2) is 18.0 Å². The predicted octanol–water partition coefficient (Wildman–Crippen LogP) is 1.50. The van der Waals surface area contributed by atoms with Crippen molar-refractivity contribution in [2.75, 3.05) is 11.9 Å². The third kappa shape index (κ3) is 3.62. The van der Waals surface area contributed by atoms with Gasteiger partial charge in [0.25, 0.3) is 0 Å². The van der Waals surface area contributed by atoms with E-state index in [0.29, 0.717) is 6.07 Å². The summed E-state index contributed by atoms with van der Waals surface area (Å²) in [6, 6.07) is 1.23. The van der Waals surface area contributed by atoms with E-state index in [1.54, 1.807) is 0 Å². The first-order chi connectivity index (χ1) is 9.47. The topological polar surface area (TPSA) is 70.2 Å². The van der Waals surface area contributed by atoms with Crippen molar-refractivity contribution >= 4 is 17.6 Å². The van der Waals surface area contributed by atoms with Gasteiger partial charge in [-0.15, -0.1) is 0 Å². The first-order valence-electron chi connectivity index (χ1n) is 5.95. The molecule has 0 atom stereocenters. The van der Waals surface area contributed by atoms with E-state index in [9.17, 15) is 22.8 Å². The smallest absolute Gasteiger partial charge is 0.315 e. The van der Waals surface area contributed by atoms with E-state index >= 15 is 0 Å². The highest BCUT2D eigenvalue weighted by atomic mass is 19.2. The number of anilines is 1. The summed E-state index contributed by atoms with van der Waals surface area (Å²) < 4.78 is 38.9. The van der Waals surface area contributed by atoms with Crippen LogP contribution in [0.25, 0.3) is 0 Å². The molecule has 20 heavy (non-hydrogen) atoms. The molecule has 5 nitrogen and oxygen atoms in total. The second kappa shape index (κ2) is 5.81. The third-order valence-electron chi connectivity index (χ3n) is 2.63. The summed E-state index contributed by atoms with van der Waals surface area (Å²) in [5.74, 6) is -5.24. The number of urea groups is 1. The molecule has 0 unspecified atom stereocenters. The van der Waals surface area contributed by atoms with Gasteiger partial charge in [0.1, 0.15) is 0 Å².